The molecule has 148 valence electrons. The summed E-state index contributed by atoms with van der Waals surface area (Å²) in [5, 5.41) is 14.1. The monoisotopic (exact) mass is 380 g/mol. The van der Waals surface area contributed by atoms with Crippen molar-refractivity contribution in [2.24, 2.45) is 5.73 Å². The third kappa shape index (κ3) is 5.51. The minimum Gasteiger partial charge on any atom is -0.480 e. The number of nitrogens with one attached hydrogen (secondary N) is 3. The zero-order chi connectivity index (χ0) is 20.0. The molecule has 1 saturated heterocycles. The Morgan fingerprint density at radius 1 is 1.41 bits per heavy atom. The number of amides is 3. The Kier molecular flexibility index (Phi) is 6.88. The van der Waals surface area contributed by atoms with Crippen LogP contribution in [-0.2, 0) is 25.6 Å². The van der Waals surface area contributed by atoms with E-state index in [0.717, 1.165) is 0 Å². The Bertz CT molecular complexity index is 689. The second-order valence-electron chi connectivity index (χ2n) is 6.43. The highest BCUT2D eigenvalue weighted by molar-refractivity contribution is 5.92. The van der Waals surface area contributed by atoms with Gasteiger partial charge in [0.2, 0.25) is 17.7 Å². The molecule has 1 fully saturated rings. The lowest BCUT2D eigenvalue weighted by atomic mass is 10.1. The number of carbonyl (C=O) groups is 4. The topological polar surface area (TPSA) is 171 Å². The van der Waals surface area contributed by atoms with Crippen molar-refractivity contribution >= 4 is 23.7 Å². The summed E-state index contributed by atoms with van der Waals surface area (Å²) >= 11 is 0. The Balaban J connectivity index is 1.96. The molecule has 0 spiro atoms. The fourth-order valence-corrected chi connectivity index (χ4v) is 2.84. The van der Waals surface area contributed by atoms with Gasteiger partial charge >= 0.3 is 5.97 Å². The fraction of sp³-hybridized carbons (Fsp3) is 0.562. The summed E-state index contributed by atoms with van der Waals surface area (Å²) in [6.07, 6.45) is 4.09. The molecule has 2 rings (SSSR count). The molecule has 0 saturated carbocycles. The Morgan fingerprint density at radius 2 is 2.15 bits per heavy atom. The van der Waals surface area contributed by atoms with Gasteiger partial charge in [0.1, 0.15) is 12.1 Å². The van der Waals surface area contributed by atoms with Crippen molar-refractivity contribution in [2.75, 3.05) is 13.1 Å². The number of nitrogens with zero attached hydrogens (tertiary/aromatic N) is 2. The Hall–Kier alpha value is -2.95. The van der Waals surface area contributed by atoms with E-state index in [1.54, 1.807) is 0 Å². The van der Waals surface area contributed by atoms with Crippen LogP contribution in [0.4, 0.5) is 0 Å². The van der Waals surface area contributed by atoms with Gasteiger partial charge in [-0.05, 0) is 19.8 Å². The zero-order valence-corrected chi connectivity index (χ0v) is 15.0. The summed E-state index contributed by atoms with van der Waals surface area (Å²) in [5.74, 6) is -2.62. The van der Waals surface area contributed by atoms with Crippen molar-refractivity contribution in [1.82, 2.24) is 25.5 Å². The van der Waals surface area contributed by atoms with Crippen LogP contribution in [-0.4, -0.2) is 74.9 Å². The first-order chi connectivity index (χ1) is 12.8. The molecule has 1 aromatic heterocycles. The van der Waals surface area contributed by atoms with Crippen molar-refractivity contribution < 1.29 is 24.3 Å². The number of nitrogens with two attached hydrogens (primary N) is 1. The molecule has 27 heavy (non-hydrogen) atoms. The number of likely N-dealkylation sites (tertiary alicyclic amines) is 1. The average Bonchev–Trinajstić information content (AvgIpc) is 3.29. The standard InChI is InChI=1S/C16H24N6O5/c1-9(17)14(24)21-11(5-10-6-18-8-20-10)15(25)19-7-13(23)22-4-2-3-12(22)16(26)27/h6,8-9,11-12H,2-5,7,17H2,1H3,(H,18,20)(H,19,25)(H,21,24)(H,26,27). The van der Waals surface area contributed by atoms with Crippen LogP contribution in [0.15, 0.2) is 12.5 Å². The number of aromatic amines is 1. The molecule has 0 aliphatic carbocycles. The number of rotatable bonds is 8. The zero-order valence-electron chi connectivity index (χ0n) is 15.0. The first-order valence-corrected chi connectivity index (χ1v) is 8.62. The van der Waals surface area contributed by atoms with Gasteiger partial charge in [-0.3, -0.25) is 14.4 Å². The van der Waals surface area contributed by atoms with E-state index in [0.29, 0.717) is 25.1 Å². The molecule has 0 aromatic carbocycles. The van der Waals surface area contributed by atoms with E-state index >= 15 is 0 Å². The summed E-state index contributed by atoms with van der Waals surface area (Å²) in [6.45, 7) is 1.48. The minimum atomic E-state index is -1.06. The van der Waals surface area contributed by atoms with E-state index in [1.165, 1.54) is 24.3 Å². The summed E-state index contributed by atoms with van der Waals surface area (Å²) in [4.78, 5) is 55.7. The second-order valence-corrected chi connectivity index (χ2v) is 6.43. The molecule has 11 heteroatoms. The maximum Gasteiger partial charge on any atom is 0.326 e. The Morgan fingerprint density at radius 3 is 2.74 bits per heavy atom. The maximum absolute atomic E-state index is 12.5. The predicted octanol–water partition coefficient (Wildman–Crippen LogP) is -2.02. The van der Waals surface area contributed by atoms with Crippen molar-refractivity contribution in [1.29, 1.82) is 0 Å². The molecule has 3 unspecified atom stereocenters. The molecular weight excluding hydrogens is 356 g/mol. The molecule has 1 aliphatic heterocycles. The molecule has 11 nitrogen and oxygen atoms in total. The molecule has 6 N–H and O–H groups in total. The molecule has 1 aromatic rings. The molecule has 3 amide bonds. The third-order valence-electron chi connectivity index (χ3n) is 4.30. The van der Waals surface area contributed by atoms with Gasteiger partial charge in [-0.1, -0.05) is 0 Å². The fourth-order valence-electron chi connectivity index (χ4n) is 2.84. The first kappa shape index (κ1) is 20.4. The number of H-pyrrole nitrogens is 1. The van der Waals surface area contributed by atoms with Crippen molar-refractivity contribution in [3.05, 3.63) is 18.2 Å². The number of carbonyl (C=O) groups excluding carboxylic acids is 3. The van der Waals surface area contributed by atoms with Crippen LogP contribution < -0.4 is 16.4 Å². The lowest BCUT2D eigenvalue weighted by Crippen LogP contribution is -2.53. The van der Waals surface area contributed by atoms with Gasteiger partial charge in [-0.25, -0.2) is 9.78 Å². The second kappa shape index (κ2) is 9.12. The van der Waals surface area contributed by atoms with Crippen LogP contribution in [0.2, 0.25) is 0 Å². The molecular formula is C16H24N6O5. The van der Waals surface area contributed by atoms with E-state index in [-0.39, 0.29) is 13.0 Å². The van der Waals surface area contributed by atoms with Crippen molar-refractivity contribution in [2.45, 2.75) is 44.3 Å². The molecule has 0 bridgehead atoms. The van der Waals surface area contributed by atoms with Crippen LogP contribution in [0.1, 0.15) is 25.5 Å². The van der Waals surface area contributed by atoms with Gasteiger partial charge in [-0.15, -0.1) is 0 Å². The first-order valence-electron chi connectivity index (χ1n) is 8.62. The van der Waals surface area contributed by atoms with Gasteiger partial charge in [0.05, 0.1) is 18.9 Å². The minimum absolute atomic E-state index is 0.139. The van der Waals surface area contributed by atoms with Crippen molar-refractivity contribution in [3.8, 4) is 0 Å². The van der Waals surface area contributed by atoms with Crippen LogP contribution in [0, 0.1) is 0 Å². The van der Waals surface area contributed by atoms with E-state index in [4.69, 9.17) is 10.8 Å². The number of carboxylic acids is 1. The highest BCUT2D eigenvalue weighted by Gasteiger charge is 2.34. The van der Waals surface area contributed by atoms with Crippen LogP contribution >= 0.6 is 0 Å². The molecule has 2 heterocycles. The predicted molar refractivity (Wildman–Crippen MR) is 93.3 cm³/mol. The van der Waals surface area contributed by atoms with Crippen LogP contribution in [0.5, 0.6) is 0 Å². The number of aromatic nitrogens is 2. The van der Waals surface area contributed by atoms with E-state index in [1.807, 2.05) is 0 Å². The van der Waals surface area contributed by atoms with Gasteiger partial charge in [0.25, 0.3) is 0 Å². The van der Waals surface area contributed by atoms with E-state index in [2.05, 4.69) is 20.6 Å². The number of hydrogen-bond acceptors (Lipinski definition) is 6. The highest BCUT2D eigenvalue weighted by atomic mass is 16.4. The number of aliphatic carboxylic acids is 1. The van der Waals surface area contributed by atoms with E-state index < -0.39 is 41.8 Å². The smallest absolute Gasteiger partial charge is 0.326 e. The SMILES string of the molecule is CC(N)C(=O)NC(Cc1cnc[nH]1)C(=O)NCC(=O)N1CCCC1C(=O)O. The summed E-state index contributed by atoms with van der Waals surface area (Å²) < 4.78 is 0. The lowest BCUT2D eigenvalue weighted by Gasteiger charge is -2.23. The Labute approximate surface area is 155 Å². The molecule has 3 atom stereocenters. The molecule has 0 radical (unpaired) electrons. The van der Waals surface area contributed by atoms with Crippen LogP contribution in [0.3, 0.4) is 0 Å². The summed E-state index contributed by atoms with van der Waals surface area (Å²) in [5.41, 5.74) is 6.15. The van der Waals surface area contributed by atoms with Gasteiger partial charge < -0.3 is 31.4 Å². The number of carboxylic acid groups (broad SMARTS) is 1. The maximum atomic E-state index is 12.5. The highest BCUT2D eigenvalue weighted by Crippen LogP contribution is 2.17. The normalized spacial score (nSPS) is 18.6. The third-order valence-corrected chi connectivity index (χ3v) is 4.30. The summed E-state index contributed by atoms with van der Waals surface area (Å²) in [6, 6.07) is -2.62. The van der Waals surface area contributed by atoms with Crippen LogP contribution in [0.25, 0.3) is 0 Å². The lowest BCUT2D eigenvalue weighted by molar-refractivity contribution is -0.148. The van der Waals surface area contributed by atoms with Crippen molar-refractivity contribution in [3.63, 3.8) is 0 Å². The number of hydrogen-bond donors (Lipinski definition) is 5. The van der Waals surface area contributed by atoms with Gasteiger partial charge in [0, 0.05) is 24.9 Å². The molecule has 1 aliphatic rings. The van der Waals surface area contributed by atoms with Gasteiger partial charge in [0.15, 0.2) is 0 Å². The summed E-state index contributed by atoms with van der Waals surface area (Å²) in [7, 11) is 0. The largest absolute Gasteiger partial charge is 0.480 e. The van der Waals surface area contributed by atoms with Gasteiger partial charge in [-0.2, -0.15) is 0 Å². The number of imidazole rings is 1. The average molecular weight is 380 g/mol. The quantitative estimate of drug-likeness (QED) is 0.346. The van der Waals surface area contributed by atoms with E-state index in [9.17, 15) is 19.2 Å².